The lowest BCUT2D eigenvalue weighted by atomic mass is 10.1. The number of alkyl halides is 3. The zero-order valence-corrected chi connectivity index (χ0v) is 15.4. The lowest BCUT2D eigenvalue weighted by Crippen LogP contribution is -2.29. The lowest BCUT2D eigenvalue weighted by Gasteiger charge is -2.28. The summed E-state index contributed by atoms with van der Waals surface area (Å²) in [6.45, 7) is 5.21. The molecule has 1 rings (SSSR count). The maximum absolute atomic E-state index is 13.6. The summed E-state index contributed by atoms with van der Waals surface area (Å²) in [4.78, 5) is 14.8. The Morgan fingerprint density at radius 1 is 1.08 bits per heavy atom. The SMILES string of the molecule is CCCCN(CCCC)c1ccc(NC(=O)N(C)C)cc1C(F)(F)F. The first kappa shape index (κ1) is 21.1. The lowest BCUT2D eigenvalue weighted by molar-refractivity contribution is -0.137. The Morgan fingerprint density at radius 2 is 1.64 bits per heavy atom. The summed E-state index contributed by atoms with van der Waals surface area (Å²) in [7, 11) is 3.07. The van der Waals surface area contributed by atoms with Crippen molar-refractivity contribution in [2.45, 2.75) is 45.7 Å². The third-order valence-corrected chi connectivity index (χ3v) is 3.86. The van der Waals surface area contributed by atoms with E-state index in [1.54, 1.807) is 4.90 Å². The number of halogens is 3. The number of carbonyl (C=O) groups is 1. The summed E-state index contributed by atoms with van der Waals surface area (Å²) in [5, 5.41) is 2.47. The third-order valence-electron chi connectivity index (χ3n) is 3.86. The fraction of sp³-hybridized carbons (Fsp3) is 0.611. The van der Waals surface area contributed by atoms with E-state index in [9.17, 15) is 18.0 Å². The number of anilines is 2. The van der Waals surface area contributed by atoms with Crippen molar-refractivity contribution in [2.24, 2.45) is 0 Å². The number of carbonyl (C=O) groups excluding carboxylic acids is 1. The molecule has 0 heterocycles. The average Bonchev–Trinajstić information content (AvgIpc) is 2.54. The molecule has 0 aliphatic carbocycles. The fourth-order valence-corrected chi connectivity index (χ4v) is 2.40. The molecule has 25 heavy (non-hydrogen) atoms. The number of unbranched alkanes of at least 4 members (excludes halogenated alkanes) is 2. The minimum atomic E-state index is -4.48. The quantitative estimate of drug-likeness (QED) is 0.692. The largest absolute Gasteiger partial charge is 0.418 e. The molecule has 0 unspecified atom stereocenters. The molecule has 0 radical (unpaired) electrons. The van der Waals surface area contributed by atoms with E-state index in [1.165, 1.54) is 31.1 Å². The smallest absolute Gasteiger partial charge is 0.371 e. The van der Waals surface area contributed by atoms with Gasteiger partial charge in [0.2, 0.25) is 0 Å². The first-order valence-corrected chi connectivity index (χ1v) is 8.65. The van der Waals surface area contributed by atoms with Crippen molar-refractivity contribution in [1.29, 1.82) is 0 Å². The van der Waals surface area contributed by atoms with Gasteiger partial charge in [-0.3, -0.25) is 0 Å². The van der Waals surface area contributed by atoms with Crippen LogP contribution in [0, 0.1) is 0 Å². The highest BCUT2D eigenvalue weighted by atomic mass is 19.4. The van der Waals surface area contributed by atoms with Gasteiger partial charge in [0.15, 0.2) is 0 Å². The van der Waals surface area contributed by atoms with E-state index in [4.69, 9.17) is 0 Å². The average molecular weight is 359 g/mol. The number of rotatable bonds is 8. The van der Waals surface area contributed by atoms with Crippen LogP contribution in [0.4, 0.5) is 29.3 Å². The zero-order chi connectivity index (χ0) is 19.0. The molecule has 0 bridgehead atoms. The molecule has 2 amide bonds. The number of nitrogens with one attached hydrogen (secondary N) is 1. The van der Waals surface area contributed by atoms with Gasteiger partial charge in [0, 0.05) is 38.6 Å². The number of urea groups is 1. The van der Waals surface area contributed by atoms with Crippen LogP contribution in [0.3, 0.4) is 0 Å². The Labute approximate surface area is 148 Å². The number of hydrogen-bond donors (Lipinski definition) is 1. The molecular weight excluding hydrogens is 331 g/mol. The molecule has 0 aliphatic heterocycles. The molecule has 1 aromatic rings. The van der Waals surface area contributed by atoms with Gasteiger partial charge < -0.3 is 15.1 Å². The number of nitrogens with zero attached hydrogens (tertiary/aromatic N) is 2. The minimum absolute atomic E-state index is 0.140. The van der Waals surface area contributed by atoms with Crippen molar-refractivity contribution in [3.63, 3.8) is 0 Å². The van der Waals surface area contributed by atoms with Crippen molar-refractivity contribution < 1.29 is 18.0 Å². The molecule has 0 aromatic heterocycles. The molecule has 0 saturated carbocycles. The van der Waals surface area contributed by atoms with Gasteiger partial charge in [-0.2, -0.15) is 13.2 Å². The highest BCUT2D eigenvalue weighted by Crippen LogP contribution is 2.38. The number of hydrogen-bond acceptors (Lipinski definition) is 2. The first-order valence-electron chi connectivity index (χ1n) is 8.65. The van der Waals surface area contributed by atoms with E-state index in [-0.39, 0.29) is 11.4 Å². The van der Waals surface area contributed by atoms with Gasteiger partial charge in [-0.15, -0.1) is 0 Å². The topological polar surface area (TPSA) is 35.6 Å². The summed E-state index contributed by atoms with van der Waals surface area (Å²) in [6.07, 6.45) is -0.979. The van der Waals surface area contributed by atoms with E-state index < -0.39 is 17.8 Å². The van der Waals surface area contributed by atoms with Crippen molar-refractivity contribution >= 4 is 17.4 Å². The van der Waals surface area contributed by atoms with E-state index in [1.807, 2.05) is 13.8 Å². The van der Waals surface area contributed by atoms with Gasteiger partial charge in [-0.05, 0) is 31.0 Å². The monoisotopic (exact) mass is 359 g/mol. The molecule has 0 aliphatic rings. The summed E-state index contributed by atoms with van der Waals surface area (Å²) in [5.74, 6) is 0. The van der Waals surface area contributed by atoms with Crippen molar-refractivity contribution in [1.82, 2.24) is 4.90 Å². The van der Waals surface area contributed by atoms with Crippen LogP contribution in [0.5, 0.6) is 0 Å². The Balaban J connectivity index is 3.20. The standard InChI is InChI=1S/C18H28F3N3O/c1-5-7-11-24(12-8-6-2)16-10-9-14(22-17(25)23(3)4)13-15(16)18(19,20)21/h9-10,13H,5-8,11-12H2,1-4H3,(H,22,25). The second-order valence-corrected chi connectivity index (χ2v) is 6.25. The maximum Gasteiger partial charge on any atom is 0.418 e. The predicted molar refractivity (Wildman–Crippen MR) is 96.2 cm³/mol. The first-order chi connectivity index (χ1) is 11.7. The second kappa shape index (κ2) is 9.53. The summed E-state index contributed by atoms with van der Waals surface area (Å²) in [6, 6.07) is 3.53. The predicted octanol–water partition coefficient (Wildman–Crippen LogP) is 5.21. The van der Waals surface area contributed by atoms with Gasteiger partial charge in [0.1, 0.15) is 0 Å². The highest BCUT2D eigenvalue weighted by Gasteiger charge is 2.35. The minimum Gasteiger partial charge on any atom is -0.371 e. The van der Waals surface area contributed by atoms with E-state index in [0.717, 1.165) is 31.7 Å². The van der Waals surface area contributed by atoms with E-state index in [0.29, 0.717) is 13.1 Å². The Hall–Kier alpha value is -1.92. The summed E-state index contributed by atoms with van der Waals surface area (Å²) < 4.78 is 40.7. The van der Waals surface area contributed by atoms with Crippen LogP contribution in [0.1, 0.15) is 45.1 Å². The van der Waals surface area contributed by atoms with Crippen LogP contribution in [0.2, 0.25) is 0 Å². The van der Waals surface area contributed by atoms with Gasteiger partial charge in [-0.1, -0.05) is 26.7 Å². The Bertz CT molecular complexity index is 551. The van der Waals surface area contributed by atoms with E-state index >= 15 is 0 Å². The Kier molecular flexibility index (Phi) is 8.06. The highest BCUT2D eigenvalue weighted by molar-refractivity contribution is 5.89. The fourth-order valence-electron chi connectivity index (χ4n) is 2.40. The van der Waals surface area contributed by atoms with Gasteiger partial charge >= 0.3 is 12.2 Å². The molecule has 4 nitrogen and oxygen atoms in total. The maximum atomic E-state index is 13.6. The molecule has 0 saturated heterocycles. The molecule has 0 atom stereocenters. The van der Waals surface area contributed by atoms with Gasteiger partial charge in [0.25, 0.3) is 0 Å². The molecule has 0 fully saturated rings. The zero-order valence-electron chi connectivity index (χ0n) is 15.4. The number of amides is 2. The van der Waals surface area contributed by atoms with Gasteiger partial charge in [0.05, 0.1) is 5.56 Å². The molecule has 1 N–H and O–H groups in total. The molecule has 7 heteroatoms. The molecule has 1 aromatic carbocycles. The third kappa shape index (κ3) is 6.48. The molecule has 0 spiro atoms. The van der Waals surface area contributed by atoms with Gasteiger partial charge in [-0.25, -0.2) is 4.79 Å². The van der Waals surface area contributed by atoms with Crippen LogP contribution in [0.25, 0.3) is 0 Å². The van der Waals surface area contributed by atoms with Crippen molar-refractivity contribution in [2.75, 3.05) is 37.4 Å². The summed E-state index contributed by atoms with van der Waals surface area (Å²) >= 11 is 0. The van der Waals surface area contributed by atoms with Crippen LogP contribution >= 0.6 is 0 Å². The Morgan fingerprint density at radius 3 is 2.08 bits per heavy atom. The van der Waals surface area contributed by atoms with Crippen LogP contribution < -0.4 is 10.2 Å². The van der Waals surface area contributed by atoms with Crippen LogP contribution in [0.15, 0.2) is 18.2 Å². The van der Waals surface area contributed by atoms with Crippen LogP contribution in [-0.2, 0) is 6.18 Å². The summed E-state index contributed by atoms with van der Waals surface area (Å²) in [5.41, 5.74) is -0.394. The van der Waals surface area contributed by atoms with Crippen LogP contribution in [-0.4, -0.2) is 38.1 Å². The number of benzene rings is 1. The second-order valence-electron chi connectivity index (χ2n) is 6.25. The normalized spacial score (nSPS) is 11.3. The molecule has 142 valence electrons. The van der Waals surface area contributed by atoms with E-state index in [2.05, 4.69) is 5.32 Å². The van der Waals surface area contributed by atoms with Crippen molar-refractivity contribution in [3.8, 4) is 0 Å². The molecular formula is C18H28F3N3O. The van der Waals surface area contributed by atoms with Crippen molar-refractivity contribution in [3.05, 3.63) is 23.8 Å².